The number of ketones is 1. The van der Waals surface area contributed by atoms with Crippen molar-refractivity contribution in [3.8, 4) is 5.75 Å². The number of carbonyl (C=O) groups excluding carboxylic acids is 4. The lowest BCUT2D eigenvalue weighted by Gasteiger charge is -2.27. The first kappa shape index (κ1) is 30.7. The monoisotopic (exact) mass is 570 g/mol. The van der Waals surface area contributed by atoms with E-state index >= 15 is 0 Å². The summed E-state index contributed by atoms with van der Waals surface area (Å²) in [6.07, 6.45) is 6.56. The lowest BCUT2D eigenvalue weighted by atomic mass is 9.90. The molecule has 41 heavy (non-hydrogen) atoms. The number of nitrogens with zero attached hydrogens (tertiary/aromatic N) is 1. The van der Waals surface area contributed by atoms with Gasteiger partial charge in [-0.3, -0.25) is 24.1 Å². The molecule has 4 rings (SSSR count). The van der Waals surface area contributed by atoms with Gasteiger partial charge in [-0.2, -0.15) is 0 Å². The van der Waals surface area contributed by atoms with Gasteiger partial charge in [0.15, 0.2) is 5.78 Å². The third-order valence-corrected chi connectivity index (χ3v) is 7.88. The van der Waals surface area contributed by atoms with Crippen LogP contribution < -0.4 is 20.7 Å². The van der Waals surface area contributed by atoms with Gasteiger partial charge in [-0.05, 0) is 56.7 Å². The highest BCUT2D eigenvalue weighted by molar-refractivity contribution is 5.98. The number of allylic oxidation sites excluding steroid dienone is 2. The van der Waals surface area contributed by atoms with Crippen LogP contribution in [0.5, 0.6) is 5.75 Å². The third kappa shape index (κ3) is 8.85. The summed E-state index contributed by atoms with van der Waals surface area (Å²) in [5, 5.41) is 8.47. The van der Waals surface area contributed by atoms with Crippen molar-refractivity contribution in [2.75, 3.05) is 46.6 Å². The standard InChI is InChI=1S/C30H42N4O7/c1-20(31-26(35)18-34-12-14-40-15-13-34)28(37)33-25(17-22-8-10-23(39-3)11-9-22)29(38)32-24(16-21-6-4-5-7-21)27(36)30(2)19-41-30/h4-5,8-11,20-21,24-25H,6-7,12-19H2,1-3H3,(H,31,35)(H,32,38)(H,33,37)/t20-,24-,25-,30-/m0/s1. The molecule has 2 heterocycles. The van der Waals surface area contributed by atoms with E-state index in [0.717, 1.165) is 18.4 Å². The minimum absolute atomic E-state index is 0.156. The zero-order chi connectivity index (χ0) is 29.4. The van der Waals surface area contributed by atoms with Crippen LogP contribution in [0.25, 0.3) is 0 Å². The molecule has 1 aromatic rings. The molecule has 0 unspecified atom stereocenters. The van der Waals surface area contributed by atoms with Gasteiger partial charge < -0.3 is 30.2 Å². The largest absolute Gasteiger partial charge is 0.497 e. The number of morpholine rings is 1. The molecule has 3 N–H and O–H groups in total. The van der Waals surface area contributed by atoms with Gasteiger partial charge in [0.1, 0.15) is 23.4 Å². The number of Topliss-reactive ketones (excluding diaryl/α,β-unsaturated/α-hetero) is 1. The van der Waals surface area contributed by atoms with E-state index in [0.29, 0.717) is 45.1 Å². The van der Waals surface area contributed by atoms with Gasteiger partial charge in [0.05, 0.1) is 39.5 Å². The van der Waals surface area contributed by atoms with Crippen molar-refractivity contribution >= 4 is 23.5 Å². The second-order valence-corrected chi connectivity index (χ2v) is 11.3. The highest BCUT2D eigenvalue weighted by Gasteiger charge is 2.50. The molecule has 0 spiro atoms. The number of carbonyl (C=O) groups is 4. The number of hydrogen-bond acceptors (Lipinski definition) is 8. The number of hydrogen-bond donors (Lipinski definition) is 3. The van der Waals surface area contributed by atoms with Gasteiger partial charge in [0, 0.05) is 19.5 Å². The Morgan fingerprint density at radius 2 is 1.63 bits per heavy atom. The molecule has 0 aromatic heterocycles. The predicted molar refractivity (Wildman–Crippen MR) is 151 cm³/mol. The topological polar surface area (TPSA) is 139 Å². The number of rotatable bonds is 14. The van der Waals surface area contributed by atoms with Crippen molar-refractivity contribution in [1.82, 2.24) is 20.9 Å². The number of benzene rings is 1. The fraction of sp³-hybridized carbons (Fsp3) is 0.600. The maximum absolute atomic E-state index is 13.7. The second kappa shape index (κ2) is 14.1. The Bertz CT molecular complexity index is 1100. The van der Waals surface area contributed by atoms with Crippen LogP contribution >= 0.6 is 0 Å². The van der Waals surface area contributed by atoms with Crippen molar-refractivity contribution in [3.63, 3.8) is 0 Å². The van der Waals surface area contributed by atoms with Crippen LogP contribution in [0.3, 0.4) is 0 Å². The molecule has 2 aliphatic heterocycles. The van der Waals surface area contributed by atoms with E-state index < -0.39 is 35.5 Å². The van der Waals surface area contributed by atoms with Crippen LogP contribution in [0, 0.1) is 5.92 Å². The first-order valence-corrected chi connectivity index (χ1v) is 14.3. The summed E-state index contributed by atoms with van der Waals surface area (Å²) in [5.41, 5.74) is -0.0894. The summed E-state index contributed by atoms with van der Waals surface area (Å²) in [6.45, 7) is 6.25. The molecule has 224 valence electrons. The highest BCUT2D eigenvalue weighted by Crippen LogP contribution is 2.31. The van der Waals surface area contributed by atoms with E-state index in [-0.39, 0.29) is 30.6 Å². The quantitative estimate of drug-likeness (QED) is 0.220. The highest BCUT2D eigenvalue weighted by atomic mass is 16.6. The number of methoxy groups -OCH3 is 1. The molecule has 11 heteroatoms. The van der Waals surface area contributed by atoms with Crippen LogP contribution in [0.15, 0.2) is 36.4 Å². The average molecular weight is 571 g/mol. The summed E-state index contributed by atoms with van der Waals surface area (Å²) >= 11 is 0. The fourth-order valence-corrected chi connectivity index (χ4v) is 5.14. The molecule has 0 bridgehead atoms. The van der Waals surface area contributed by atoms with Crippen LogP contribution in [-0.2, 0) is 35.1 Å². The molecule has 2 fully saturated rings. The maximum atomic E-state index is 13.7. The zero-order valence-electron chi connectivity index (χ0n) is 24.1. The summed E-state index contributed by atoms with van der Waals surface area (Å²) in [4.78, 5) is 54.7. The molecular formula is C30H42N4O7. The van der Waals surface area contributed by atoms with Crippen molar-refractivity contribution in [2.24, 2.45) is 5.92 Å². The van der Waals surface area contributed by atoms with Crippen LogP contribution in [-0.4, -0.2) is 98.7 Å². The van der Waals surface area contributed by atoms with Crippen LogP contribution in [0.1, 0.15) is 38.7 Å². The Morgan fingerprint density at radius 3 is 2.24 bits per heavy atom. The molecule has 11 nitrogen and oxygen atoms in total. The van der Waals surface area contributed by atoms with Crippen molar-refractivity contribution in [3.05, 3.63) is 42.0 Å². The third-order valence-electron chi connectivity index (χ3n) is 7.88. The normalized spacial score (nSPS) is 22.8. The van der Waals surface area contributed by atoms with Gasteiger partial charge in [0.25, 0.3) is 0 Å². The van der Waals surface area contributed by atoms with E-state index in [1.807, 2.05) is 17.0 Å². The molecule has 3 amide bonds. The van der Waals surface area contributed by atoms with E-state index in [4.69, 9.17) is 14.2 Å². The molecule has 0 saturated carbocycles. The second-order valence-electron chi connectivity index (χ2n) is 11.3. The van der Waals surface area contributed by atoms with Crippen LogP contribution in [0.4, 0.5) is 0 Å². The van der Waals surface area contributed by atoms with Crippen molar-refractivity contribution in [1.29, 1.82) is 0 Å². The SMILES string of the molecule is COc1ccc(C[C@H](NC(=O)[C@H](C)NC(=O)CN2CCOCC2)C(=O)N[C@@H](CC2CC=CC2)C(=O)[C@]2(C)CO2)cc1. The Hall–Kier alpha value is -3.28. The Balaban J connectivity index is 1.43. The van der Waals surface area contributed by atoms with Gasteiger partial charge in [0.2, 0.25) is 17.7 Å². The summed E-state index contributed by atoms with van der Waals surface area (Å²) in [5.74, 6) is -0.467. The summed E-state index contributed by atoms with van der Waals surface area (Å²) < 4.78 is 16.0. The number of amides is 3. The molecule has 1 aromatic carbocycles. The minimum Gasteiger partial charge on any atom is -0.497 e. The van der Waals surface area contributed by atoms with Crippen molar-refractivity contribution in [2.45, 2.75) is 63.3 Å². The molecule has 3 aliphatic rings. The lowest BCUT2D eigenvalue weighted by molar-refractivity contribution is -0.134. The fourth-order valence-electron chi connectivity index (χ4n) is 5.14. The van der Waals surface area contributed by atoms with Crippen LogP contribution in [0.2, 0.25) is 0 Å². The molecule has 2 saturated heterocycles. The Kier molecular flexibility index (Phi) is 10.5. The first-order chi connectivity index (χ1) is 19.7. The van der Waals surface area contributed by atoms with E-state index in [1.54, 1.807) is 33.1 Å². The van der Waals surface area contributed by atoms with Gasteiger partial charge >= 0.3 is 0 Å². The summed E-state index contributed by atoms with van der Waals surface area (Å²) in [7, 11) is 1.57. The molecular weight excluding hydrogens is 528 g/mol. The Morgan fingerprint density at radius 1 is 1.00 bits per heavy atom. The lowest BCUT2D eigenvalue weighted by Crippen LogP contribution is -2.57. The van der Waals surface area contributed by atoms with E-state index in [2.05, 4.69) is 28.1 Å². The van der Waals surface area contributed by atoms with Crippen molar-refractivity contribution < 1.29 is 33.4 Å². The number of epoxide rings is 1. The smallest absolute Gasteiger partial charge is 0.243 e. The molecule has 1 aliphatic carbocycles. The predicted octanol–water partition coefficient (Wildman–Crippen LogP) is 0.759. The Labute approximate surface area is 241 Å². The van der Waals surface area contributed by atoms with Gasteiger partial charge in [-0.1, -0.05) is 24.3 Å². The number of nitrogens with one attached hydrogen (secondary N) is 3. The first-order valence-electron chi connectivity index (χ1n) is 14.3. The average Bonchev–Trinajstić information content (AvgIpc) is 3.51. The van der Waals surface area contributed by atoms with Gasteiger partial charge in [-0.15, -0.1) is 0 Å². The number of ether oxygens (including phenoxy) is 3. The van der Waals surface area contributed by atoms with E-state index in [1.165, 1.54) is 0 Å². The molecule has 4 atom stereocenters. The minimum atomic E-state index is -0.973. The van der Waals surface area contributed by atoms with E-state index in [9.17, 15) is 19.2 Å². The zero-order valence-corrected chi connectivity index (χ0v) is 24.1. The maximum Gasteiger partial charge on any atom is 0.243 e. The molecule has 0 radical (unpaired) electrons. The van der Waals surface area contributed by atoms with Gasteiger partial charge in [-0.25, -0.2) is 0 Å². The summed E-state index contributed by atoms with van der Waals surface area (Å²) in [6, 6.07) is 4.64.